The van der Waals surface area contributed by atoms with Gasteiger partial charge in [-0.2, -0.15) is 0 Å². The molecule has 3 nitrogen and oxygen atoms in total. The van der Waals surface area contributed by atoms with Crippen LogP contribution in [0.1, 0.15) is 30.6 Å². The highest BCUT2D eigenvalue weighted by Crippen LogP contribution is 2.15. The summed E-state index contributed by atoms with van der Waals surface area (Å²) in [5.41, 5.74) is 0.269. The fourth-order valence-corrected chi connectivity index (χ4v) is 1.38. The minimum absolute atomic E-state index is 0.269. The maximum Gasteiger partial charge on any atom is 0.150 e. The minimum atomic E-state index is -0.477. The molecule has 0 saturated carbocycles. The maximum atomic E-state index is 13.1. The lowest BCUT2D eigenvalue weighted by Gasteiger charge is -2.08. The number of ether oxygens (including phenoxy) is 2. The maximum absolute atomic E-state index is 13.1. The Morgan fingerprint density at radius 2 is 2.00 bits per heavy atom. The predicted octanol–water partition coefficient (Wildman–Crippen LogP) is 3.08. The molecule has 0 atom stereocenters. The summed E-state index contributed by atoms with van der Waals surface area (Å²) in [6.45, 7) is 5.77. The summed E-state index contributed by atoms with van der Waals surface area (Å²) in [6.07, 6.45) is 1.60. The minimum Gasteiger partial charge on any atom is -0.491 e. The molecule has 1 rings (SSSR count). The zero-order valence-corrected chi connectivity index (χ0v) is 10.8. The molecule has 0 unspecified atom stereocenters. The molecule has 0 fully saturated rings. The summed E-state index contributed by atoms with van der Waals surface area (Å²) in [6, 6.07) is 3.92. The molecule has 0 N–H and O–H groups in total. The first-order valence-electron chi connectivity index (χ1n) is 6.08. The molecular formula is C14H19FO3. The van der Waals surface area contributed by atoms with Gasteiger partial charge in [0.1, 0.15) is 24.5 Å². The number of hydrogen-bond donors (Lipinski definition) is 0. The molecular weight excluding hydrogens is 235 g/mol. The van der Waals surface area contributed by atoms with E-state index < -0.39 is 5.82 Å². The number of carbonyl (C=O) groups excluding carboxylic acids is 1. The Balaban J connectivity index is 2.26. The van der Waals surface area contributed by atoms with Crippen LogP contribution in [-0.2, 0) is 4.74 Å². The van der Waals surface area contributed by atoms with Gasteiger partial charge in [0, 0.05) is 18.2 Å². The number of carbonyl (C=O) groups is 1. The molecule has 0 spiro atoms. The van der Waals surface area contributed by atoms with Crippen LogP contribution in [0.5, 0.6) is 5.75 Å². The second-order valence-electron chi connectivity index (χ2n) is 4.48. The number of rotatable bonds is 8. The standard InChI is InChI=1S/C14H19FO3/c1-11(2)3-4-17-5-6-18-14-8-12(10-16)7-13(15)9-14/h7-11H,3-6H2,1-2H3. The van der Waals surface area contributed by atoms with Gasteiger partial charge >= 0.3 is 0 Å². The van der Waals surface area contributed by atoms with Crippen LogP contribution in [0.2, 0.25) is 0 Å². The monoisotopic (exact) mass is 254 g/mol. The van der Waals surface area contributed by atoms with E-state index in [9.17, 15) is 9.18 Å². The number of halogens is 1. The average Bonchev–Trinajstić information content (AvgIpc) is 2.32. The predicted molar refractivity (Wildman–Crippen MR) is 67.6 cm³/mol. The van der Waals surface area contributed by atoms with Crippen molar-refractivity contribution in [2.45, 2.75) is 20.3 Å². The lowest BCUT2D eigenvalue weighted by molar-refractivity contribution is 0.0924. The molecule has 1 aromatic rings. The number of hydrogen-bond acceptors (Lipinski definition) is 3. The molecule has 0 bridgehead atoms. The van der Waals surface area contributed by atoms with Crippen molar-refractivity contribution in [3.8, 4) is 5.75 Å². The molecule has 0 aromatic heterocycles. The van der Waals surface area contributed by atoms with Crippen LogP contribution in [0.3, 0.4) is 0 Å². The fourth-order valence-electron chi connectivity index (χ4n) is 1.38. The van der Waals surface area contributed by atoms with Crippen LogP contribution in [-0.4, -0.2) is 26.1 Å². The molecule has 0 amide bonds. The third-order valence-corrected chi connectivity index (χ3v) is 2.37. The first kappa shape index (κ1) is 14.6. The molecule has 1 aromatic carbocycles. The summed E-state index contributed by atoms with van der Waals surface area (Å²) in [4.78, 5) is 10.5. The van der Waals surface area contributed by atoms with Crippen molar-refractivity contribution in [1.82, 2.24) is 0 Å². The molecule has 0 saturated heterocycles. The summed E-state index contributed by atoms with van der Waals surface area (Å²) in [5, 5.41) is 0. The second kappa shape index (κ2) is 7.82. The van der Waals surface area contributed by atoms with Gasteiger partial charge in [-0.05, 0) is 24.5 Å². The van der Waals surface area contributed by atoms with Crippen LogP contribution in [0.4, 0.5) is 4.39 Å². The highest BCUT2D eigenvalue weighted by Gasteiger charge is 2.01. The molecule has 0 aliphatic rings. The van der Waals surface area contributed by atoms with Crippen molar-refractivity contribution in [2.24, 2.45) is 5.92 Å². The third kappa shape index (κ3) is 5.77. The van der Waals surface area contributed by atoms with Crippen LogP contribution < -0.4 is 4.74 Å². The zero-order valence-electron chi connectivity index (χ0n) is 10.8. The van der Waals surface area contributed by atoms with E-state index in [0.717, 1.165) is 6.42 Å². The molecule has 100 valence electrons. The van der Waals surface area contributed by atoms with Gasteiger partial charge < -0.3 is 9.47 Å². The van der Waals surface area contributed by atoms with E-state index in [-0.39, 0.29) is 5.56 Å². The van der Waals surface area contributed by atoms with Crippen molar-refractivity contribution in [2.75, 3.05) is 19.8 Å². The quantitative estimate of drug-likeness (QED) is 0.528. The first-order chi connectivity index (χ1) is 8.61. The summed E-state index contributed by atoms with van der Waals surface area (Å²) >= 11 is 0. The summed E-state index contributed by atoms with van der Waals surface area (Å²) in [5.74, 6) is 0.490. The lowest BCUT2D eigenvalue weighted by Crippen LogP contribution is -2.08. The van der Waals surface area contributed by atoms with Gasteiger partial charge in [-0.15, -0.1) is 0 Å². The smallest absolute Gasteiger partial charge is 0.150 e. The Morgan fingerprint density at radius 3 is 2.67 bits per heavy atom. The van der Waals surface area contributed by atoms with E-state index in [1.54, 1.807) is 0 Å². The lowest BCUT2D eigenvalue weighted by atomic mass is 10.1. The Bertz CT molecular complexity index is 377. The van der Waals surface area contributed by atoms with Crippen molar-refractivity contribution < 1.29 is 18.7 Å². The molecule has 0 radical (unpaired) electrons. The average molecular weight is 254 g/mol. The van der Waals surface area contributed by atoms with Gasteiger partial charge in [0.25, 0.3) is 0 Å². The first-order valence-corrected chi connectivity index (χ1v) is 6.08. The molecule has 4 heteroatoms. The Labute approximate surface area is 107 Å². The SMILES string of the molecule is CC(C)CCOCCOc1cc(F)cc(C=O)c1. The number of benzene rings is 1. The Morgan fingerprint density at radius 1 is 1.22 bits per heavy atom. The van der Waals surface area contributed by atoms with Crippen LogP contribution in [0, 0.1) is 11.7 Å². The second-order valence-corrected chi connectivity index (χ2v) is 4.48. The van der Waals surface area contributed by atoms with Gasteiger partial charge in [0.2, 0.25) is 0 Å². The zero-order chi connectivity index (χ0) is 13.4. The normalized spacial score (nSPS) is 10.7. The van der Waals surface area contributed by atoms with E-state index in [1.165, 1.54) is 18.2 Å². The highest BCUT2D eigenvalue weighted by molar-refractivity contribution is 5.75. The summed E-state index contributed by atoms with van der Waals surface area (Å²) < 4.78 is 23.7. The third-order valence-electron chi connectivity index (χ3n) is 2.37. The van der Waals surface area contributed by atoms with Crippen molar-refractivity contribution in [3.63, 3.8) is 0 Å². The van der Waals surface area contributed by atoms with Crippen LogP contribution in [0.25, 0.3) is 0 Å². The Kier molecular flexibility index (Phi) is 6.36. The van der Waals surface area contributed by atoms with E-state index in [1.807, 2.05) is 0 Å². The van der Waals surface area contributed by atoms with Crippen molar-refractivity contribution >= 4 is 6.29 Å². The summed E-state index contributed by atoms with van der Waals surface area (Å²) in [7, 11) is 0. The van der Waals surface area contributed by atoms with E-state index >= 15 is 0 Å². The Hall–Kier alpha value is -1.42. The van der Waals surface area contributed by atoms with Gasteiger partial charge in [-0.1, -0.05) is 13.8 Å². The van der Waals surface area contributed by atoms with Gasteiger partial charge in [0.05, 0.1) is 6.61 Å². The van der Waals surface area contributed by atoms with Gasteiger partial charge in [-0.25, -0.2) is 4.39 Å². The highest BCUT2D eigenvalue weighted by atomic mass is 19.1. The fraction of sp³-hybridized carbons (Fsp3) is 0.500. The van der Waals surface area contributed by atoms with Crippen LogP contribution >= 0.6 is 0 Å². The molecule has 0 aliphatic heterocycles. The van der Waals surface area contributed by atoms with Crippen molar-refractivity contribution in [1.29, 1.82) is 0 Å². The largest absolute Gasteiger partial charge is 0.491 e. The van der Waals surface area contributed by atoms with E-state index in [0.29, 0.717) is 37.8 Å². The van der Waals surface area contributed by atoms with Crippen LogP contribution in [0.15, 0.2) is 18.2 Å². The topological polar surface area (TPSA) is 35.5 Å². The number of aldehydes is 1. The van der Waals surface area contributed by atoms with E-state index in [2.05, 4.69) is 13.8 Å². The van der Waals surface area contributed by atoms with Crippen molar-refractivity contribution in [3.05, 3.63) is 29.6 Å². The van der Waals surface area contributed by atoms with Gasteiger partial charge in [0.15, 0.2) is 0 Å². The molecule has 0 heterocycles. The van der Waals surface area contributed by atoms with E-state index in [4.69, 9.17) is 9.47 Å². The molecule has 0 aliphatic carbocycles. The van der Waals surface area contributed by atoms with Gasteiger partial charge in [-0.3, -0.25) is 4.79 Å². The molecule has 18 heavy (non-hydrogen) atoms.